The molecule has 180 valence electrons. The lowest BCUT2D eigenvalue weighted by molar-refractivity contribution is 0.607. The van der Waals surface area contributed by atoms with Crippen LogP contribution in [0.25, 0.3) is 22.3 Å². The van der Waals surface area contributed by atoms with Gasteiger partial charge in [0.1, 0.15) is 5.82 Å². The van der Waals surface area contributed by atoms with Crippen molar-refractivity contribution >= 4 is 32.4 Å². The van der Waals surface area contributed by atoms with E-state index in [1.807, 2.05) is 66.9 Å². The average molecular weight is 496 g/mol. The number of hydrogen-bond acceptors (Lipinski definition) is 6. The number of benzene rings is 3. The predicted octanol–water partition coefficient (Wildman–Crippen LogP) is 5.31. The summed E-state index contributed by atoms with van der Waals surface area (Å²) >= 11 is 0. The summed E-state index contributed by atoms with van der Waals surface area (Å²) in [7, 11) is -3.35. The first-order valence-corrected chi connectivity index (χ1v) is 13.4. The van der Waals surface area contributed by atoms with Crippen molar-refractivity contribution in [1.29, 1.82) is 0 Å². The van der Waals surface area contributed by atoms with Gasteiger partial charge < -0.3 is 5.32 Å². The number of fused-ring (bicyclic) bond motifs is 1. The molecule has 2 heterocycles. The van der Waals surface area contributed by atoms with Gasteiger partial charge in [-0.3, -0.25) is 9.71 Å². The van der Waals surface area contributed by atoms with Crippen molar-refractivity contribution in [1.82, 2.24) is 15.0 Å². The molecule has 0 spiro atoms. The van der Waals surface area contributed by atoms with Gasteiger partial charge in [-0.25, -0.2) is 18.4 Å². The van der Waals surface area contributed by atoms with Crippen LogP contribution < -0.4 is 10.0 Å². The van der Waals surface area contributed by atoms with Crippen molar-refractivity contribution in [3.05, 3.63) is 115 Å². The fourth-order valence-electron chi connectivity index (χ4n) is 4.14. The first-order chi connectivity index (χ1) is 17.5. The summed E-state index contributed by atoms with van der Waals surface area (Å²) in [6, 6.07) is 29.3. The number of para-hydroxylation sites is 1. The summed E-state index contributed by atoms with van der Waals surface area (Å²) in [5.74, 6) is 1.37. The van der Waals surface area contributed by atoms with E-state index in [4.69, 9.17) is 9.97 Å². The predicted molar refractivity (Wildman–Crippen MR) is 144 cm³/mol. The standard InChI is InChI=1S/C28H25N5O2S/c1-36(34,35)33-23-15-13-21(14-16-23)27-31-26-12-6-5-11-24(26)28(32-27)30-19-25(20-8-3-2-4-9-20)22-10-7-17-29-18-22/h2-18,25,33H,19H2,1H3,(H,30,31,32). The number of rotatable bonds is 8. The second-order valence-electron chi connectivity index (χ2n) is 8.50. The quantitative estimate of drug-likeness (QED) is 0.303. The van der Waals surface area contributed by atoms with E-state index in [-0.39, 0.29) is 5.92 Å². The van der Waals surface area contributed by atoms with E-state index in [0.29, 0.717) is 18.1 Å². The van der Waals surface area contributed by atoms with Crippen molar-refractivity contribution < 1.29 is 8.42 Å². The average Bonchev–Trinajstić information content (AvgIpc) is 2.89. The molecule has 0 amide bonds. The molecular weight excluding hydrogens is 470 g/mol. The minimum absolute atomic E-state index is 0.0819. The molecule has 7 nitrogen and oxygen atoms in total. The molecule has 0 aliphatic heterocycles. The maximum Gasteiger partial charge on any atom is 0.229 e. The molecule has 0 aliphatic carbocycles. The molecule has 1 atom stereocenters. The third-order valence-corrected chi connectivity index (χ3v) is 6.42. The normalized spacial score (nSPS) is 12.2. The molecule has 0 fully saturated rings. The molecule has 0 saturated heterocycles. The number of anilines is 2. The summed E-state index contributed by atoms with van der Waals surface area (Å²) in [6.07, 6.45) is 4.80. The molecular formula is C28H25N5O2S. The zero-order valence-electron chi connectivity index (χ0n) is 19.7. The summed E-state index contributed by atoms with van der Waals surface area (Å²) in [5.41, 5.74) is 4.40. The molecule has 3 aromatic carbocycles. The smallest absolute Gasteiger partial charge is 0.229 e. The van der Waals surface area contributed by atoms with Crippen LogP contribution in [0.3, 0.4) is 0 Å². The number of nitrogens with one attached hydrogen (secondary N) is 2. The Labute approximate surface area is 210 Å². The molecule has 1 unspecified atom stereocenters. The zero-order chi connectivity index (χ0) is 25.0. The molecule has 2 aromatic heterocycles. The summed E-state index contributed by atoms with van der Waals surface area (Å²) in [4.78, 5) is 13.9. The van der Waals surface area contributed by atoms with Crippen LogP contribution in [0.1, 0.15) is 17.0 Å². The zero-order valence-corrected chi connectivity index (χ0v) is 20.5. The lowest BCUT2D eigenvalue weighted by Gasteiger charge is -2.20. The Hall–Kier alpha value is -4.30. The molecule has 0 aliphatic rings. The third kappa shape index (κ3) is 5.50. The monoisotopic (exact) mass is 495 g/mol. The molecule has 0 bridgehead atoms. The molecule has 8 heteroatoms. The molecule has 2 N–H and O–H groups in total. The van der Waals surface area contributed by atoms with Gasteiger partial charge in [-0.05, 0) is 53.6 Å². The van der Waals surface area contributed by atoms with Crippen LogP contribution in [0, 0.1) is 0 Å². The number of pyridine rings is 1. The van der Waals surface area contributed by atoms with Crippen LogP contribution in [0.15, 0.2) is 103 Å². The van der Waals surface area contributed by atoms with Crippen LogP contribution in [-0.4, -0.2) is 36.2 Å². The second-order valence-corrected chi connectivity index (χ2v) is 10.2. The summed E-state index contributed by atoms with van der Waals surface area (Å²) in [5, 5.41) is 4.49. The number of aromatic nitrogens is 3. The summed E-state index contributed by atoms with van der Waals surface area (Å²) in [6.45, 7) is 0.618. The maximum atomic E-state index is 11.5. The SMILES string of the molecule is CS(=O)(=O)Nc1ccc(-c2nc(NCC(c3ccccc3)c3cccnc3)c3ccccc3n2)cc1. The largest absolute Gasteiger partial charge is 0.368 e. The Morgan fingerprint density at radius 3 is 2.25 bits per heavy atom. The van der Waals surface area contributed by atoms with Crippen molar-refractivity contribution in [2.24, 2.45) is 0 Å². The highest BCUT2D eigenvalue weighted by atomic mass is 32.2. The molecule has 0 saturated carbocycles. The van der Waals surface area contributed by atoms with Crippen molar-refractivity contribution in [2.45, 2.75) is 5.92 Å². The highest BCUT2D eigenvalue weighted by molar-refractivity contribution is 7.92. The minimum Gasteiger partial charge on any atom is -0.368 e. The number of hydrogen-bond donors (Lipinski definition) is 2. The number of sulfonamides is 1. The maximum absolute atomic E-state index is 11.5. The van der Waals surface area contributed by atoms with Crippen molar-refractivity contribution in [2.75, 3.05) is 22.8 Å². The Balaban J connectivity index is 1.49. The van der Waals surface area contributed by atoms with E-state index in [1.165, 1.54) is 5.56 Å². The molecule has 0 radical (unpaired) electrons. The van der Waals surface area contributed by atoms with E-state index < -0.39 is 10.0 Å². The van der Waals surface area contributed by atoms with Crippen molar-refractivity contribution in [3.63, 3.8) is 0 Å². The van der Waals surface area contributed by atoms with E-state index in [1.54, 1.807) is 18.3 Å². The Bertz CT molecular complexity index is 1540. The minimum atomic E-state index is -3.35. The molecule has 36 heavy (non-hydrogen) atoms. The van der Waals surface area contributed by atoms with Gasteiger partial charge >= 0.3 is 0 Å². The topological polar surface area (TPSA) is 96.9 Å². The van der Waals surface area contributed by atoms with Gasteiger partial charge in [0.15, 0.2) is 5.82 Å². The van der Waals surface area contributed by atoms with Gasteiger partial charge in [-0.1, -0.05) is 48.5 Å². The lowest BCUT2D eigenvalue weighted by atomic mass is 9.92. The van der Waals surface area contributed by atoms with Gasteiger partial charge in [-0.2, -0.15) is 0 Å². The molecule has 5 aromatic rings. The van der Waals surface area contributed by atoms with Gasteiger partial charge in [0.05, 0.1) is 11.8 Å². The highest BCUT2D eigenvalue weighted by Crippen LogP contribution is 2.29. The Morgan fingerprint density at radius 1 is 0.806 bits per heavy atom. The first kappa shape index (κ1) is 23.4. The van der Waals surface area contributed by atoms with Gasteiger partial charge in [0.25, 0.3) is 0 Å². The summed E-state index contributed by atoms with van der Waals surface area (Å²) < 4.78 is 25.5. The second kappa shape index (κ2) is 10.1. The van der Waals surface area contributed by atoms with Gasteiger partial charge in [0.2, 0.25) is 10.0 Å². The van der Waals surface area contributed by atoms with E-state index in [9.17, 15) is 8.42 Å². The van der Waals surface area contributed by atoms with Gasteiger partial charge in [-0.15, -0.1) is 0 Å². The third-order valence-electron chi connectivity index (χ3n) is 5.81. The van der Waals surface area contributed by atoms with E-state index >= 15 is 0 Å². The Kier molecular flexibility index (Phi) is 6.60. The van der Waals surface area contributed by atoms with E-state index in [2.05, 4.69) is 33.2 Å². The fourth-order valence-corrected chi connectivity index (χ4v) is 4.70. The van der Waals surface area contributed by atoms with Gasteiger partial charge in [0, 0.05) is 41.5 Å². The van der Waals surface area contributed by atoms with Crippen LogP contribution in [0.5, 0.6) is 0 Å². The highest BCUT2D eigenvalue weighted by Gasteiger charge is 2.16. The van der Waals surface area contributed by atoms with E-state index in [0.717, 1.165) is 34.1 Å². The lowest BCUT2D eigenvalue weighted by Crippen LogP contribution is -2.15. The molecule has 5 rings (SSSR count). The number of nitrogens with zero attached hydrogens (tertiary/aromatic N) is 3. The van der Waals surface area contributed by atoms with Crippen LogP contribution in [-0.2, 0) is 10.0 Å². The van der Waals surface area contributed by atoms with Crippen LogP contribution >= 0.6 is 0 Å². The van der Waals surface area contributed by atoms with Crippen LogP contribution in [0.4, 0.5) is 11.5 Å². The van der Waals surface area contributed by atoms with Crippen molar-refractivity contribution in [3.8, 4) is 11.4 Å². The Morgan fingerprint density at radius 2 is 1.53 bits per heavy atom. The van der Waals surface area contributed by atoms with Crippen LogP contribution in [0.2, 0.25) is 0 Å². The first-order valence-electron chi connectivity index (χ1n) is 11.5. The fraction of sp³-hybridized carbons (Fsp3) is 0.107.